The highest BCUT2D eigenvalue weighted by atomic mass is 16.1. The van der Waals surface area contributed by atoms with Gasteiger partial charge in [0.25, 0.3) is 0 Å². The summed E-state index contributed by atoms with van der Waals surface area (Å²) in [5.74, 6) is 0.124. The summed E-state index contributed by atoms with van der Waals surface area (Å²) in [6.07, 6.45) is 0.831. The lowest BCUT2D eigenvalue weighted by Crippen LogP contribution is -2.54. The van der Waals surface area contributed by atoms with Crippen LogP contribution in [0.5, 0.6) is 0 Å². The van der Waals surface area contributed by atoms with E-state index in [1.807, 2.05) is 4.90 Å². The summed E-state index contributed by atoms with van der Waals surface area (Å²) in [6.45, 7) is 1.47. The molecule has 0 spiro atoms. The van der Waals surface area contributed by atoms with Crippen LogP contribution in [-0.2, 0) is 11.3 Å². The molecule has 0 saturated carbocycles. The average molecular weight is 207 g/mol. The van der Waals surface area contributed by atoms with Crippen LogP contribution in [0.15, 0.2) is 12.1 Å². The summed E-state index contributed by atoms with van der Waals surface area (Å²) in [6, 6.07) is 3.35. The van der Waals surface area contributed by atoms with Gasteiger partial charge in [-0.2, -0.15) is 5.10 Å². The smallest absolute Gasteiger partial charge is 0.234 e. The van der Waals surface area contributed by atoms with Crippen LogP contribution >= 0.6 is 0 Å². The van der Waals surface area contributed by atoms with Gasteiger partial charge in [-0.15, -0.1) is 5.10 Å². The number of nitrogen functional groups attached to an aromatic ring is 1. The highest BCUT2D eigenvalue weighted by molar-refractivity contribution is 5.80. The number of hydrogen-bond acceptors (Lipinski definition) is 5. The third kappa shape index (κ3) is 2.04. The van der Waals surface area contributed by atoms with Crippen molar-refractivity contribution in [2.75, 3.05) is 12.3 Å². The van der Waals surface area contributed by atoms with Crippen LogP contribution in [0.4, 0.5) is 5.82 Å². The van der Waals surface area contributed by atoms with Gasteiger partial charge in [-0.3, -0.25) is 9.69 Å². The monoisotopic (exact) mass is 207 g/mol. The van der Waals surface area contributed by atoms with Gasteiger partial charge in [0.1, 0.15) is 5.82 Å². The molecule has 2 rings (SSSR count). The number of rotatable bonds is 3. The Kier molecular flexibility index (Phi) is 2.51. The Hall–Kier alpha value is -1.69. The molecule has 0 radical (unpaired) electrons. The average Bonchev–Trinajstić information content (AvgIpc) is 2.14. The molecule has 2 heterocycles. The number of carbonyl (C=O) groups is 1. The van der Waals surface area contributed by atoms with Crippen LogP contribution in [-0.4, -0.2) is 33.6 Å². The zero-order chi connectivity index (χ0) is 10.8. The van der Waals surface area contributed by atoms with Gasteiger partial charge in [0.05, 0.1) is 11.7 Å². The van der Waals surface area contributed by atoms with Gasteiger partial charge in [-0.25, -0.2) is 0 Å². The van der Waals surface area contributed by atoms with Crippen molar-refractivity contribution in [2.45, 2.75) is 19.0 Å². The molecule has 1 aromatic heterocycles. The normalized spacial score (nSPS) is 20.9. The molecule has 6 nitrogen and oxygen atoms in total. The largest absolute Gasteiger partial charge is 0.382 e. The van der Waals surface area contributed by atoms with Crippen molar-refractivity contribution in [3.05, 3.63) is 17.8 Å². The van der Waals surface area contributed by atoms with Crippen molar-refractivity contribution in [3.63, 3.8) is 0 Å². The molecular formula is C9H13N5O. The molecule has 15 heavy (non-hydrogen) atoms. The molecule has 1 amide bonds. The summed E-state index contributed by atoms with van der Waals surface area (Å²) in [7, 11) is 0. The first-order chi connectivity index (χ1) is 7.16. The molecule has 1 atom stereocenters. The fourth-order valence-electron chi connectivity index (χ4n) is 1.61. The van der Waals surface area contributed by atoms with Crippen LogP contribution in [0.3, 0.4) is 0 Å². The van der Waals surface area contributed by atoms with Gasteiger partial charge in [-0.05, 0) is 18.6 Å². The van der Waals surface area contributed by atoms with E-state index in [1.54, 1.807) is 12.1 Å². The molecule has 6 heteroatoms. The molecule has 1 aromatic rings. The van der Waals surface area contributed by atoms with Crippen molar-refractivity contribution in [1.82, 2.24) is 15.1 Å². The van der Waals surface area contributed by atoms with E-state index in [0.29, 0.717) is 12.4 Å². The number of aromatic nitrogens is 2. The Labute approximate surface area is 87.3 Å². The lowest BCUT2D eigenvalue weighted by Gasteiger charge is -2.38. The second kappa shape index (κ2) is 3.82. The van der Waals surface area contributed by atoms with Gasteiger partial charge in [0.15, 0.2) is 0 Å². The maximum Gasteiger partial charge on any atom is 0.234 e. The van der Waals surface area contributed by atoms with Gasteiger partial charge in [0.2, 0.25) is 5.91 Å². The molecule has 1 saturated heterocycles. The molecule has 1 fully saturated rings. The first-order valence-corrected chi connectivity index (χ1v) is 4.78. The first-order valence-electron chi connectivity index (χ1n) is 4.78. The minimum Gasteiger partial charge on any atom is -0.382 e. The maximum atomic E-state index is 11.0. The molecular weight excluding hydrogens is 194 g/mol. The van der Waals surface area contributed by atoms with Gasteiger partial charge < -0.3 is 11.5 Å². The molecule has 80 valence electrons. The summed E-state index contributed by atoms with van der Waals surface area (Å²) in [4.78, 5) is 12.9. The highest BCUT2D eigenvalue weighted by Crippen LogP contribution is 2.19. The molecule has 1 unspecified atom stereocenters. The third-order valence-electron chi connectivity index (χ3n) is 2.56. The third-order valence-corrected chi connectivity index (χ3v) is 2.56. The number of nitrogens with two attached hydrogens (primary N) is 2. The minimum absolute atomic E-state index is 0.149. The lowest BCUT2D eigenvalue weighted by molar-refractivity contribution is -0.127. The van der Waals surface area contributed by atoms with Crippen molar-refractivity contribution in [1.29, 1.82) is 0 Å². The second-order valence-corrected chi connectivity index (χ2v) is 3.63. The maximum absolute atomic E-state index is 11.0. The Morgan fingerprint density at radius 2 is 2.33 bits per heavy atom. The van der Waals surface area contributed by atoms with E-state index in [-0.39, 0.29) is 11.9 Å². The number of nitrogens with zero attached hydrogens (tertiary/aromatic N) is 3. The van der Waals surface area contributed by atoms with Crippen molar-refractivity contribution in [2.24, 2.45) is 5.73 Å². The summed E-state index contributed by atoms with van der Waals surface area (Å²) >= 11 is 0. The van der Waals surface area contributed by atoms with E-state index in [2.05, 4.69) is 10.2 Å². The fourth-order valence-corrected chi connectivity index (χ4v) is 1.61. The fraction of sp³-hybridized carbons (Fsp3) is 0.444. The molecule has 0 aromatic carbocycles. The van der Waals surface area contributed by atoms with E-state index in [1.165, 1.54) is 0 Å². The number of likely N-dealkylation sites (tertiary alicyclic amines) is 1. The SMILES string of the molecule is NC(=O)C1CCN1Cc1ccc(N)nn1. The molecule has 0 aliphatic carbocycles. The summed E-state index contributed by atoms with van der Waals surface area (Å²) < 4.78 is 0. The minimum atomic E-state index is -0.273. The summed E-state index contributed by atoms with van der Waals surface area (Å²) in [5, 5.41) is 7.67. The van der Waals surface area contributed by atoms with E-state index in [9.17, 15) is 4.79 Å². The van der Waals surface area contributed by atoms with Crippen LogP contribution in [0, 0.1) is 0 Å². The zero-order valence-corrected chi connectivity index (χ0v) is 8.26. The van der Waals surface area contributed by atoms with Crippen LogP contribution < -0.4 is 11.5 Å². The predicted octanol–water partition coefficient (Wildman–Crippen LogP) is -0.882. The second-order valence-electron chi connectivity index (χ2n) is 3.63. The van der Waals surface area contributed by atoms with Gasteiger partial charge >= 0.3 is 0 Å². The van der Waals surface area contributed by atoms with Crippen LogP contribution in [0.25, 0.3) is 0 Å². The lowest BCUT2D eigenvalue weighted by atomic mass is 10.0. The number of carbonyl (C=O) groups excluding carboxylic acids is 1. The Morgan fingerprint density at radius 3 is 2.80 bits per heavy atom. The van der Waals surface area contributed by atoms with Crippen LogP contribution in [0.2, 0.25) is 0 Å². The van der Waals surface area contributed by atoms with Crippen molar-refractivity contribution in [3.8, 4) is 0 Å². The topological polar surface area (TPSA) is 98.1 Å². The standard InChI is InChI=1S/C9H13N5O/c10-8-2-1-6(12-13-8)5-14-4-3-7(14)9(11)15/h1-2,7H,3-5H2,(H2,10,13)(H2,11,15). The van der Waals surface area contributed by atoms with Crippen LogP contribution in [0.1, 0.15) is 12.1 Å². The number of primary amides is 1. The predicted molar refractivity (Wildman–Crippen MR) is 54.5 cm³/mol. The Morgan fingerprint density at radius 1 is 1.53 bits per heavy atom. The van der Waals surface area contributed by atoms with E-state index in [4.69, 9.17) is 11.5 Å². The van der Waals surface area contributed by atoms with E-state index >= 15 is 0 Å². The Bertz CT molecular complexity index is 363. The van der Waals surface area contributed by atoms with E-state index < -0.39 is 0 Å². The number of anilines is 1. The number of amides is 1. The number of hydrogen-bond donors (Lipinski definition) is 2. The zero-order valence-electron chi connectivity index (χ0n) is 8.26. The Balaban J connectivity index is 1.97. The molecule has 1 aliphatic rings. The van der Waals surface area contributed by atoms with Crippen molar-refractivity contribution < 1.29 is 4.79 Å². The van der Waals surface area contributed by atoms with Crippen molar-refractivity contribution >= 4 is 11.7 Å². The first kappa shape index (κ1) is 9.85. The molecule has 4 N–H and O–H groups in total. The molecule has 1 aliphatic heterocycles. The molecule has 0 bridgehead atoms. The van der Waals surface area contributed by atoms with E-state index in [0.717, 1.165) is 18.7 Å². The summed E-state index contributed by atoms with van der Waals surface area (Å²) in [5.41, 5.74) is 11.4. The quantitative estimate of drug-likeness (QED) is 0.670. The highest BCUT2D eigenvalue weighted by Gasteiger charge is 2.32. The van der Waals surface area contributed by atoms with Gasteiger partial charge in [-0.1, -0.05) is 0 Å². The van der Waals surface area contributed by atoms with Gasteiger partial charge in [0, 0.05) is 13.1 Å².